The van der Waals surface area contributed by atoms with Gasteiger partial charge in [-0.3, -0.25) is 9.59 Å². The Morgan fingerprint density at radius 2 is 2.00 bits per heavy atom. The highest BCUT2D eigenvalue weighted by Gasteiger charge is 2.16. The average Bonchev–Trinajstić information content (AvgIpc) is 3.08. The Labute approximate surface area is 187 Å². The smallest absolute Gasteiger partial charge is 0.262 e. The maximum atomic E-state index is 12.4. The van der Waals surface area contributed by atoms with E-state index in [2.05, 4.69) is 20.7 Å². The second kappa shape index (κ2) is 10.7. The van der Waals surface area contributed by atoms with E-state index in [4.69, 9.17) is 9.47 Å². The molecule has 2 amide bonds. The van der Waals surface area contributed by atoms with Gasteiger partial charge in [0.15, 0.2) is 12.3 Å². The summed E-state index contributed by atoms with van der Waals surface area (Å²) in [5.41, 5.74) is 3.56. The molecule has 0 atom stereocenters. The van der Waals surface area contributed by atoms with Crippen molar-refractivity contribution < 1.29 is 19.1 Å². The summed E-state index contributed by atoms with van der Waals surface area (Å²) >= 11 is 0. The van der Waals surface area contributed by atoms with Gasteiger partial charge in [0.1, 0.15) is 0 Å². The van der Waals surface area contributed by atoms with Crippen molar-refractivity contribution in [3.8, 4) is 5.88 Å². The highest BCUT2D eigenvalue weighted by molar-refractivity contribution is 5.97. The van der Waals surface area contributed by atoms with E-state index in [9.17, 15) is 9.59 Å². The Bertz CT molecular complexity index is 1110. The van der Waals surface area contributed by atoms with Gasteiger partial charge in [-0.05, 0) is 57.0 Å². The van der Waals surface area contributed by atoms with Crippen LogP contribution in [-0.2, 0) is 16.6 Å². The Balaban J connectivity index is 1.57. The standard InChI is InChI=1S/C23H29N5O4/c1-5-31-11-7-10-24-22(30)17-8-6-9-18(13-17)26-19(29)14-32-23-20-15(2)12-16(3)25-21(20)28(4)27-23/h6,8-9,12-13H,5,7,10-11,14H2,1-4H3,(H,24,30)(H,26,29). The highest BCUT2D eigenvalue weighted by atomic mass is 16.5. The van der Waals surface area contributed by atoms with Crippen molar-refractivity contribution in [2.75, 3.05) is 31.7 Å². The summed E-state index contributed by atoms with van der Waals surface area (Å²) in [7, 11) is 1.79. The zero-order valence-electron chi connectivity index (χ0n) is 18.9. The number of nitrogens with zero attached hydrogens (tertiary/aromatic N) is 3. The number of aromatic nitrogens is 3. The van der Waals surface area contributed by atoms with Gasteiger partial charge in [-0.25, -0.2) is 9.67 Å². The fourth-order valence-corrected chi connectivity index (χ4v) is 3.34. The Hall–Kier alpha value is -3.46. The second-order valence-electron chi connectivity index (χ2n) is 7.43. The van der Waals surface area contributed by atoms with Crippen LogP contribution in [0.15, 0.2) is 30.3 Å². The molecule has 0 saturated carbocycles. The molecule has 0 radical (unpaired) electrons. The van der Waals surface area contributed by atoms with Gasteiger partial charge >= 0.3 is 0 Å². The third-order valence-corrected chi connectivity index (χ3v) is 4.79. The number of aryl methyl sites for hydroxylation is 3. The molecule has 0 saturated heterocycles. The minimum Gasteiger partial charge on any atom is -0.466 e. The molecule has 9 heteroatoms. The summed E-state index contributed by atoms with van der Waals surface area (Å²) < 4.78 is 12.6. The van der Waals surface area contributed by atoms with Gasteiger partial charge < -0.3 is 20.1 Å². The van der Waals surface area contributed by atoms with Gasteiger partial charge in [-0.1, -0.05) is 6.07 Å². The summed E-state index contributed by atoms with van der Waals surface area (Å²) in [6, 6.07) is 8.71. The first-order chi connectivity index (χ1) is 15.4. The number of amides is 2. The van der Waals surface area contributed by atoms with Crippen LogP contribution in [0.1, 0.15) is 35.0 Å². The number of ether oxygens (including phenoxy) is 2. The monoisotopic (exact) mass is 439 g/mol. The molecular formula is C23H29N5O4. The fraction of sp³-hybridized carbons (Fsp3) is 0.391. The molecule has 32 heavy (non-hydrogen) atoms. The van der Waals surface area contributed by atoms with Crippen LogP contribution in [0, 0.1) is 13.8 Å². The number of benzene rings is 1. The number of carbonyl (C=O) groups excluding carboxylic acids is 2. The third kappa shape index (κ3) is 5.82. The normalized spacial score (nSPS) is 10.9. The second-order valence-corrected chi connectivity index (χ2v) is 7.43. The van der Waals surface area contributed by atoms with E-state index in [0.717, 1.165) is 23.1 Å². The van der Waals surface area contributed by atoms with Crippen LogP contribution in [0.5, 0.6) is 5.88 Å². The van der Waals surface area contributed by atoms with E-state index in [1.807, 2.05) is 26.8 Å². The first-order valence-electron chi connectivity index (χ1n) is 10.6. The molecule has 2 heterocycles. The number of hydrogen-bond donors (Lipinski definition) is 2. The Kier molecular flexibility index (Phi) is 7.77. The molecule has 3 aromatic rings. The molecule has 0 aliphatic carbocycles. The molecule has 9 nitrogen and oxygen atoms in total. The van der Waals surface area contributed by atoms with Crippen LogP contribution in [0.25, 0.3) is 11.0 Å². The predicted molar refractivity (Wildman–Crippen MR) is 122 cm³/mol. The molecule has 1 aromatic carbocycles. The molecule has 0 aliphatic heterocycles. The van der Waals surface area contributed by atoms with Gasteiger partial charge in [0.25, 0.3) is 11.8 Å². The van der Waals surface area contributed by atoms with Crippen molar-refractivity contribution >= 4 is 28.5 Å². The minimum absolute atomic E-state index is 0.202. The third-order valence-electron chi connectivity index (χ3n) is 4.79. The highest BCUT2D eigenvalue weighted by Crippen LogP contribution is 2.27. The quantitative estimate of drug-likeness (QED) is 0.471. The number of anilines is 1. The topological polar surface area (TPSA) is 107 Å². The molecule has 0 spiro atoms. The number of carbonyl (C=O) groups is 2. The fourth-order valence-electron chi connectivity index (χ4n) is 3.34. The van der Waals surface area contributed by atoms with Gasteiger partial charge in [0.05, 0.1) is 5.39 Å². The summed E-state index contributed by atoms with van der Waals surface area (Å²) in [6.07, 6.45) is 0.740. The lowest BCUT2D eigenvalue weighted by molar-refractivity contribution is -0.118. The van der Waals surface area contributed by atoms with Crippen LogP contribution in [0.4, 0.5) is 5.69 Å². The van der Waals surface area contributed by atoms with E-state index in [1.54, 1.807) is 36.0 Å². The molecule has 0 fully saturated rings. The molecule has 0 bridgehead atoms. The van der Waals surface area contributed by atoms with E-state index >= 15 is 0 Å². The Morgan fingerprint density at radius 3 is 2.78 bits per heavy atom. The van der Waals surface area contributed by atoms with Crippen LogP contribution >= 0.6 is 0 Å². The zero-order valence-corrected chi connectivity index (χ0v) is 18.9. The van der Waals surface area contributed by atoms with E-state index in [1.165, 1.54) is 0 Å². The number of rotatable bonds is 10. The van der Waals surface area contributed by atoms with Crippen LogP contribution in [-0.4, -0.2) is 52.9 Å². The lowest BCUT2D eigenvalue weighted by Gasteiger charge is -2.09. The molecule has 0 aliphatic rings. The van der Waals surface area contributed by atoms with Crippen molar-refractivity contribution in [1.82, 2.24) is 20.1 Å². The minimum atomic E-state index is -0.351. The van der Waals surface area contributed by atoms with Gasteiger partial charge in [-0.2, -0.15) is 0 Å². The maximum absolute atomic E-state index is 12.4. The van der Waals surface area contributed by atoms with Crippen molar-refractivity contribution in [2.24, 2.45) is 7.05 Å². The first-order valence-corrected chi connectivity index (χ1v) is 10.6. The van der Waals surface area contributed by atoms with Gasteiger partial charge in [0.2, 0.25) is 5.88 Å². The van der Waals surface area contributed by atoms with Crippen LogP contribution in [0.2, 0.25) is 0 Å². The first kappa shape index (κ1) is 23.2. The van der Waals surface area contributed by atoms with Crippen LogP contribution < -0.4 is 15.4 Å². The summed E-state index contributed by atoms with van der Waals surface area (Å²) in [5.74, 6) is -0.189. The van der Waals surface area contributed by atoms with Crippen molar-refractivity contribution in [3.63, 3.8) is 0 Å². The zero-order chi connectivity index (χ0) is 23.1. The van der Waals surface area contributed by atoms with Crippen molar-refractivity contribution in [3.05, 3.63) is 47.2 Å². The maximum Gasteiger partial charge on any atom is 0.262 e. The Morgan fingerprint density at radius 1 is 1.19 bits per heavy atom. The summed E-state index contributed by atoms with van der Waals surface area (Å²) in [5, 5.41) is 10.7. The number of hydrogen-bond acceptors (Lipinski definition) is 6. The molecule has 170 valence electrons. The number of fused-ring (bicyclic) bond motifs is 1. The number of nitrogens with one attached hydrogen (secondary N) is 2. The summed E-state index contributed by atoms with van der Waals surface area (Å²) in [6.45, 7) is 7.38. The van der Waals surface area contributed by atoms with E-state index in [0.29, 0.717) is 42.5 Å². The van der Waals surface area contributed by atoms with E-state index in [-0.39, 0.29) is 18.4 Å². The van der Waals surface area contributed by atoms with Gasteiger partial charge in [0, 0.05) is 43.8 Å². The van der Waals surface area contributed by atoms with Gasteiger partial charge in [-0.15, -0.1) is 5.10 Å². The molecule has 0 unspecified atom stereocenters. The SMILES string of the molecule is CCOCCCNC(=O)c1cccc(NC(=O)COc2nn(C)c3nc(C)cc(C)c23)c1. The summed E-state index contributed by atoms with van der Waals surface area (Å²) in [4.78, 5) is 29.2. The largest absolute Gasteiger partial charge is 0.466 e. The average molecular weight is 440 g/mol. The van der Waals surface area contributed by atoms with E-state index < -0.39 is 0 Å². The van der Waals surface area contributed by atoms with Crippen LogP contribution in [0.3, 0.4) is 0 Å². The van der Waals surface area contributed by atoms with Crippen molar-refractivity contribution in [2.45, 2.75) is 27.2 Å². The molecular weight excluding hydrogens is 410 g/mol. The predicted octanol–water partition coefficient (Wildman–Crippen LogP) is 2.76. The molecule has 2 N–H and O–H groups in total. The molecule has 3 rings (SSSR count). The lowest BCUT2D eigenvalue weighted by Crippen LogP contribution is -2.25. The molecule has 2 aromatic heterocycles. The van der Waals surface area contributed by atoms with Crippen molar-refractivity contribution in [1.29, 1.82) is 0 Å². The number of pyridine rings is 1. The lowest BCUT2D eigenvalue weighted by atomic mass is 10.2.